The second-order valence-electron chi connectivity index (χ2n) is 5.37. The van der Waals surface area contributed by atoms with Crippen LogP contribution in [0.25, 0.3) is 0 Å². The zero-order valence-corrected chi connectivity index (χ0v) is 11.3. The number of hydrogen-bond donors (Lipinski definition) is 0. The van der Waals surface area contributed by atoms with Crippen molar-refractivity contribution in [2.24, 2.45) is 0 Å². The van der Waals surface area contributed by atoms with Gasteiger partial charge in [-0.15, -0.1) is 0 Å². The van der Waals surface area contributed by atoms with Crippen molar-refractivity contribution in [3.8, 4) is 0 Å². The Morgan fingerprint density at radius 2 is 1.37 bits per heavy atom. The summed E-state index contributed by atoms with van der Waals surface area (Å²) in [6.45, 7) is 2.18. The van der Waals surface area contributed by atoms with Crippen LogP contribution in [0.4, 0.5) is 0 Å². The van der Waals surface area contributed by atoms with E-state index >= 15 is 0 Å². The molecular weight excluding hydrogens is 232 g/mol. The fourth-order valence-electron chi connectivity index (χ4n) is 2.97. The van der Waals surface area contributed by atoms with E-state index in [4.69, 9.17) is 4.74 Å². The van der Waals surface area contributed by atoms with Crippen LogP contribution in [-0.4, -0.2) is 6.10 Å². The third kappa shape index (κ3) is 2.71. The molecular formula is C18H20O. The maximum absolute atomic E-state index is 6.24. The zero-order chi connectivity index (χ0) is 13.1. The van der Waals surface area contributed by atoms with Crippen LogP contribution in [0.15, 0.2) is 60.7 Å². The Morgan fingerprint density at radius 3 is 2.00 bits per heavy atom. The summed E-state index contributed by atoms with van der Waals surface area (Å²) in [7, 11) is 0. The van der Waals surface area contributed by atoms with Crippen LogP contribution in [0.5, 0.6) is 0 Å². The van der Waals surface area contributed by atoms with E-state index in [0.717, 1.165) is 6.42 Å². The molecule has 0 unspecified atom stereocenters. The molecule has 3 rings (SSSR count). The van der Waals surface area contributed by atoms with Crippen molar-refractivity contribution in [1.82, 2.24) is 0 Å². The second-order valence-corrected chi connectivity index (χ2v) is 5.37. The Balaban J connectivity index is 1.93. The summed E-state index contributed by atoms with van der Waals surface area (Å²) < 4.78 is 6.24. The van der Waals surface area contributed by atoms with Crippen molar-refractivity contribution in [2.45, 2.75) is 37.9 Å². The van der Waals surface area contributed by atoms with Gasteiger partial charge >= 0.3 is 0 Å². The van der Waals surface area contributed by atoms with Gasteiger partial charge in [-0.3, -0.25) is 0 Å². The van der Waals surface area contributed by atoms with Crippen LogP contribution in [0.1, 0.15) is 42.9 Å². The minimum atomic E-state index is 0.187. The first kappa shape index (κ1) is 12.4. The number of rotatable bonds is 2. The lowest BCUT2D eigenvalue weighted by Gasteiger charge is -2.36. The second kappa shape index (κ2) is 5.58. The summed E-state index contributed by atoms with van der Waals surface area (Å²) in [5.41, 5.74) is 2.69. The quantitative estimate of drug-likeness (QED) is 0.752. The van der Waals surface area contributed by atoms with E-state index in [1.807, 2.05) is 0 Å². The van der Waals surface area contributed by atoms with Gasteiger partial charge in [-0.25, -0.2) is 0 Å². The highest BCUT2D eigenvalue weighted by molar-refractivity contribution is 5.27. The van der Waals surface area contributed by atoms with Crippen molar-refractivity contribution in [3.63, 3.8) is 0 Å². The molecule has 0 radical (unpaired) electrons. The van der Waals surface area contributed by atoms with Gasteiger partial charge in [0.05, 0.1) is 12.2 Å². The molecule has 0 N–H and O–H groups in total. The fraction of sp³-hybridized carbons (Fsp3) is 0.333. The normalized spacial score (nSPS) is 27.1. The number of ether oxygens (including phenoxy) is 1. The molecule has 1 nitrogen and oxygen atoms in total. The van der Waals surface area contributed by atoms with Gasteiger partial charge in [0.25, 0.3) is 0 Å². The first-order chi connectivity index (χ1) is 9.34. The standard InChI is InChI=1S/C18H20O/c1-14-12-13-17(15-8-4-2-5-9-15)18(19-14)16-10-6-3-7-11-16/h2-11,14,17-18H,12-13H2,1H3/t14-,17-,18-/m1/s1. The molecule has 1 aliphatic heterocycles. The van der Waals surface area contributed by atoms with Gasteiger partial charge in [0.2, 0.25) is 0 Å². The van der Waals surface area contributed by atoms with Crippen LogP contribution in [0.2, 0.25) is 0 Å². The molecule has 1 saturated heterocycles. The van der Waals surface area contributed by atoms with E-state index in [1.54, 1.807) is 0 Å². The van der Waals surface area contributed by atoms with Gasteiger partial charge in [0, 0.05) is 5.92 Å². The van der Waals surface area contributed by atoms with E-state index in [2.05, 4.69) is 67.6 Å². The molecule has 2 aromatic carbocycles. The van der Waals surface area contributed by atoms with Crippen LogP contribution >= 0.6 is 0 Å². The highest BCUT2D eigenvalue weighted by Gasteiger charge is 2.31. The van der Waals surface area contributed by atoms with Gasteiger partial charge < -0.3 is 4.74 Å². The fourth-order valence-corrected chi connectivity index (χ4v) is 2.97. The summed E-state index contributed by atoms with van der Waals surface area (Å²) in [5, 5.41) is 0. The monoisotopic (exact) mass is 252 g/mol. The Morgan fingerprint density at radius 1 is 0.789 bits per heavy atom. The molecule has 3 atom stereocenters. The van der Waals surface area contributed by atoms with Crippen LogP contribution < -0.4 is 0 Å². The third-order valence-corrected chi connectivity index (χ3v) is 3.98. The van der Waals surface area contributed by atoms with Gasteiger partial charge in [0.15, 0.2) is 0 Å². The van der Waals surface area contributed by atoms with Gasteiger partial charge in [-0.2, -0.15) is 0 Å². The van der Waals surface area contributed by atoms with E-state index < -0.39 is 0 Å². The van der Waals surface area contributed by atoms with E-state index in [9.17, 15) is 0 Å². The maximum Gasteiger partial charge on any atom is 0.0897 e. The smallest absolute Gasteiger partial charge is 0.0897 e. The molecule has 1 aliphatic rings. The zero-order valence-electron chi connectivity index (χ0n) is 11.3. The van der Waals surface area contributed by atoms with Crippen molar-refractivity contribution >= 4 is 0 Å². The Labute approximate surface area is 115 Å². The minimum Gasteiger partial charge on any atom is -0.370 e. The predicted octanol–water partition coefficient (Wildman–Crippen LogP) is 4.71. The highest BCUT2D eigenvalue weighted by atomic mass is 16.5. The van der Waals surface area contributed by atoms with E-state index in [0.29, 0.717) is 12.0 Å². The summed E-state index contributed by atoms with van der Waals surface area (Å²) in [6.07, 6.45) is 2.88. The Bertz CT molecular complexity index is 506. The van der Waals surface area contributed by atoms with Gasteiger partial charge in [-0.05, 0) is 30.9 Å². The highest BCUT2D eigenvalue weighted by Crippen LogP contribution is 2.42. The first-order valence-corrected chi connectivity index (χ1v) is 7.10. The predicted molar refractivity (Wildman–Crippen MR) is 78.1 cm³/mol. The summed E-state index contributed by atoms with van der Waals surface area (Å²) in [5.74, 6) is 0.472. The molecule has 0 aromatic heterocycles. The average molecular weight is 252 g/mol. The summed E-state index contributed by atoms with van der Waals surface area (Å²) >= 11 is 0. The molecule has 98 valence electrons. The summed E-state index contributed by atoms with van der Waals surface area (Å²) in [6, 6.07) is 21.4. The Kier molecular flexibility index (Phi) is 3.65. The molecule has 2 aromatic rings. The molecule has 0 aliphatic carbocycles. The molecule has 0 bridgehead atoms. The lowest BCUT2D eigenvalue weighted by molar-refractivity contribution is -0.0556. The first-order valence-electron chi connectivity index (χ1n) is 7.10. The molecule has 0 saturated carbocycles. The maximum atomic E-state index is 6.24. The molecule has 1 fully saturated rings. The lowest BCUT2D eigenvalue weighted by Crippen LogP contribution is -2.26. The molecule has 1 heterocycles. The molecule has 1 heteroatoms. The van der Waals surface area contributed by atoms with Crippen molar-refractivity contribution in [1.29, 1.82) is 0 Å². The van der Waals surface area contributed by atoms with Gasteiger partial charge in [-0.1, -0.05) is 60.7 Å². The van der Waals surface area contributed by atoms with Crippen LogP contribution in [-0.2, 0) is 4.74 Å². The molecule has 19 heavy (non-hydrogen) atoms. The van der Waals surface area contributed by atoms with E-state index in [1.165, 1.54) is 17.5 Å². The number of benzene rings is 2. The molecule has 0 amide bonds. The van der Waals surface area contributed by atoms with Crippen LogP contribution in [0.3, 0.4) is 0 Å². The largest absolute Gasteiger partial charge is 0.370 e. The van der Waals surface area contributed by atoms with Crippen LogP contribution in [0, 0.1) is 0 Å². The SMILES string of the molecule is C[C@@H]1CC[C@H](c2ccccc2)[C@@H](c2ccccc2)O1. The van der Waals surface area contributed by atoms with E-state index in [-0.39, 0.29) is 6.10 Å². The van der Waals surface area contributed by atoms with Crippen molar-refractivity contribution < 1.29 is 4.74 Å². The summed E-state index contributed by atoms with van der Waals surface area (Å²) in [4.78, 5) is 0. The topological polar surface area (TPSA) is 9.23 Å². The molecule has 0 spiro atoms. The van der Waals surface area contributed by atoms with Crippen molar-refractivity contribution in [2.75, 3.05) is 0 Å². The third-order valence-electron chi connectivity index (χ3n) is 3.98. The minimum absolute atomic E-state index is 0.187. The van der Waals surface area contributed by atoms with Gasteiger partial charge in [0.1, 0.15) is 0 Å². The average Bonchev–Trinajstić information content (AvgIpc) is 2.49. The lowest BCUT2D eigenvalue weighted by atomic mass is 9.83. The number of hydrogen-bond acceptors (Lipinski definition) is 1. The van der Waals surface area contributed by atoms with Crippen molar-refractivity contribution in [3.05, 3.63) is 71.8 Å². The Hall–Kier alpha value is -1.60.